The molecule has 1 aliphatic rings. The van der Waals surface area contributed by atoms with Crippen LogP contribution in [0.15, 0.2) is 24.3 Å². The van der Waals surface area contributed by atoms with Gasteiger partial charge < -0.3 is 40.3 Å². The van der Waals surface area contributed by atoms with Gasteiger partial charge in [0.25, 0.3) is 0 Å². The van der Waals surface area contributed by atoms with Gasteiger partial charge in [0.2, 0.25) is 5.91 Å². The van der Waals surface area contributed by atoms with Gasteiger partial charge in [0.1, 0.15) is 24.4 Å². The van der Waals surface area contributed by atoms with E-state index in [0.717, 1.165) is 44.9 Å². The molecule has 1 amide bonds. The number of aliphatic hydroxyl groups is 5. The molecular formula is C56H107NO8. The van der Waals surface area contributed by atoms with Crippen molar-refractivity contribution in [2.24, 2.45) is 0 Å². The molecule has 1 saturated heterocycles. The lowest BCUT2D eigenvalue weighted by molar-refractivity contribution is -0.302. The number of rotatable bonds is 48. The summed E-state index contributed by atoms with van der Waals surface area (Å²) in [6, 6.07) is -0.805. The van der Waals surface area contributed by atoms with E-state index in [1.54, 1.807) is 6.08 Å². The molecule has 1 heterocycles. The first kappa shape index (κ1) is 61.7. The van der Waals surface area contributed by atoms with E-state index >= 15 is 0 Å². The first-order valence-electron chi connectivity index (χ1n) is 28.1. The fraction of sp³-hybridized carbons (Fsp3) is 0.911. The van der Waals surface area contributed by atoms with E-state index in [0.29, 0.717) is 6.42 Å². The van der Waals surface area contributed by atoms with Crippen molar-refractivity contribution < 1.29 is 39.8 Å². The monoisotopic (exact) mass is 922 g/mol. The molecule has 7 atom stereocenters. The fourth-order valence-corrected chi connectivity index (χ4v) is 9.04. The Morgan fingerprint density at radius 1 is 0.508 bits per heavy atom. The van der Waals surface area contributed by atoms with Crippen molar-refractivity contribution in [3.05, 3.63) is 24.3 Å². The smallest absolute Gasteiger partial charge is 0.220 e. The molecule has 0 radical (unpaired) electrons. The van der Waals surface area contributed by atoms with Crippen molar-refractivity contribution in [3.63, 3.8) is 0 Å². The van der Waals surface area contributed by atoms with Crippen molar-refractivity contribution in [2.75, 3.05) is 13.2 Å². The molecule has 1 rings (SSSR count). The maximum Gasteiger partial charge on any atom is 0.220 e. The molecule has 0 bridgehead atoms. The number of amides is 1. The summed E-state index contributed by atoms with van der Waals surface area (Å²) in [6.07, 6.45) is 50.9. The van der Waals surface area contributed by atoms with Crippen LogP contribution in [0.2, 0.25) is 0 Å². The van der Waals surface area contributed by atoms with Crippen LogP contribution in [0.25, 0.3) is 0 Å². The quantitative estimate of drug-likeness (QED) is 0.0261. The Morgan fingerprint density at radius 2 is 0.862 bits per heavy atom. The van der Waals surface area contributed by atoms with Crippen molar-refractivity contribution in [1.29, 1.82) is 0 Å². The second-order valence-electron chi connectivity index (χ2n) is 19.7. The first-order valence-corrected chi connectivity index (χ1v) is 28.1. The molecule has 384 valence electrons. The maximum atomic E-state index is 13.0. The van der Waals surface area contributed by atoms with Crippen LogP contribution in [0.4, 0.5) is 0 Å². The molecule has 7 unspecified atom stereocenters. The molecule has 0 saturated carbocycles. The molecule has 1 aliphatic heterocycles. The van der Waals surface area contributed by atoms with E-state index in [4.69, 9.17) is 9.47 Å². The van der Waals surface area contributed by atoms with Crippen molar-refractivity contribution in [3.8, 4) is 0 Å². The van der Waals surface area contributed by atoms with Gasteiger partial charge in [-0.1, -0.05) is 244 Å². The van der Waals surface area contributed by atoms with Crippen LogP contribution in [0.3, 0.4) is 0 Å². The molecular weight excluding hydrogens is 815 g/mol. The van der Waals surface area contributed by atoms with E-state index < -0.39 is 49.5 Å². The third kappa shape index (κ3) is 36.3. The number of carbonyl (C=O) groups excluding carboxylic acids is 1. The normalized spacial score (nSPS) is 20.0. The summed E-state index contributed by atoms with van der Waals surface area (Å²) in [5.41, 5.74) is 0. The second kappa shape index (κ2) is 46.4. The molecule has 6 N–H and O–H groups in total. The Balaban J connectivity index is 2.23. The zero-order valence-electron chi connectivity index (χ0n) is 42.5. The Hall–Kier alpha value is -1.33. The number of aliphatic hydroxyl groups excluding tert-OH is 5. The lowest BCUT2D eigenvalue weighted by atomic mass is 9.99. The summed E-state index contributed by atoms with van der Waals surface area (Å²) in [5.74, 6) is -0.178. The minimum absolute atomic E-state index is 0.178. The van der Waals surface area contributed by atoms with Gasteiger partial charge in [0.05, 0.1) is 25.4 Å². The van der Waals surface area contributed by atoms with Gasteiger partial charge in [-0.05, 0) is 44.9 Å². The van der Waals surface area contributed by atoms with Crippen LogP contribution >= 0.6 is 0 Å². The molecule has 0 aromatic heterocycles. The predicted octanol–water partition coefficient (Wildman–Crippen LogP) is 13.4. The number of ether oxygens (including phenoxy) is 2. The zero-order chi connectivity index (χ0) is 47.3. The highest BCUT2D eigenvalue weighted by atomic mass is 16.7. The summed E-state index contributed by atoms with van der Waals surface area (Å²) in [5, 5.41) is 54.5. The topological polar surface area (TPSA) is 149 Å². The van der Waals surface area contributed by atoms with Crippen LogP contribution in [0.1, 0.15) is 271 Å². The van der Waals surface area contributed by atoms with Crippen LogP contribution in [-0.2, 0) is 14.3 Å². The summed E-state index contributed by atoms with van der Waals surface area (Å²) < 4.78 is 11.3. The Labute approximate surface area is 400 Å². The van der Waals surface area contributed by atoms with E-state index in [1.165, 1.54) is 205 Å². The van der Waals surface area contributed by atoms with Crippen LogP contribution in [0.5, 0.6) is 0 Å². The summed E-state index contributed by atoms with van der Waals surface area (Å²) in [4.78, 5) is 13.0. The van der Waals surface area contributed by atoms with Crippen LogP contribution in [-0.4, -0.2) is 87.5 Å². The van der Waals surface area contributed by atoms with Gasteiger partial charge in [-0.3, -0.25) is 4.79 Å². The lowest BCUT2D eigenvalue weighted by Gasteiger charge is -2.40. The van der Waals surface area contributed by atoms with Gasteiger partial charge in [0, 0.05) is 6.42 Å². The molecule has 0 aromatic carbocycles. The molecule has 1 fully saturated rings. The Kier molecular flexibility index (Phi) is 44.0. The standard InChI is InChI=1S/C56H107NO8/c1-3-5-7-9-11-13-15-17-19-21-22-23-24-25-26-27-28-30-31-33-35-37-39-41-43-45-50(59)49(48-64-56-55(63)54(62)53(61)51(47-58)65-56)57-52(60)46-44-42-40-38-36-34-32-29-20-18-16-14-12-10-8-6-4-2/h18,20,43,45,49-51,53-56,58-59,61-63H,3-17,19,21-42,44,46-48H2,1-2H3,(H,57,60)/b20-18-,45-43+. The zero-order valence-corrected chi connectivity index (χ0v) is 42.5. The van der Waals surface area contributed by atoms with Crippen molar-refractivity contribution >= 4 is 5.91 Å². The summed E-state index contributed by atoms with van der Waals surface area (Å²) in [7, 11) is 0. The average Bonchev–Trinajstić information content (AvgIpc) is 3.31. The largest absolute Gasteiger partial charge is 0.394 e. The maximum absolute atomic E-state index is 13.0. The van der Waals surface area contributed by atoms with Gasteiger partial charge in [-0.2, -0.15) is 0 Å². The number of allylic oxidation sites excluding steroid dienone is 3. The number of hydrogen-bond acceptors (Lipinski definition) is 8. The minimum atomic E-state index is -1.57. The predicted molar refractivity (Wildman–Crippen MR) is 272 cm³/mol. The van der Waals surface area contributed by atoms with Crippen molar-refractivity contribution in [1.82, 2.24) is 5.32 Å². The fourth-order valence-electron chi connectivity index (χ4n) is 9.04. The molecule has 9 heteroatoms. The third-order valence-electron chi connectivity index (χ3n) is 13.5. The molecule has 0 aromatic rings. The van der Waals surface area contributed by atoms with E-state index in [9.17, 15) is 30.3 Å². The van der Waals surface area contributed by atoms with Gasteiger partial charge in [0.15, 0.2) is 6.29 Å². The van der Waals surface area contributed by atoms with Crippen molar-refractivity contribution in [2.45, 2.75) is 314 Å². The third-order valence-corrected chi connectivity index (χ3v) is 13.5. The van der Waals surface area contributed by atoms with Crippen LogP contribution < -0.4 is 5.32 Å². The minimum Gasteiger partial charge on any atom is -0.394 e. The molecule has 9 nitrogen and oxygen atoms in total. The van der Waals surface area contributed by atoms with E-state index in [2.05, 4.69) is 31.3 Å². The van der Waals surface area contributed by atoms with Crippen LogP contribution in [0, 0.1) is 0 Å². The molecule has 65 heavy (non-hydrogen) atoms. The lowest BCUT2D eigenvalue weighted by Crippen LogP contribution is -2.60. The van der Waals surface area contributed by atoms with Gasteiger partial charge in [-0.15, -0.1) is 0 Å². The summed E-state index contributed by atoms with van der Waals surface area (Å²) in [6.45, 7) is 3.80. The van der Waals surface area contributed by atoms with E-state index in [1.807, 2.05) is 6.08 Å². The number of unbranched alkanes of at least 4 members (excludes halogenated alkanes) is 36. The average molecular weight is 922 g/mol. The number of carbonyl (C=O) groups is 1. The highest BCUT2D eigenvalue weighted by molar-refractivity contribution is 5.76. The highest BCUT2D eigenvalue weighted by Gasteiger charge is 2.44. The Bertz CT molecular complexity index is 1070. The van der Waals surface area contributed by atoms with Gasteiger partial charge >= 0.3 is 0 Å². The van der Waals surface area contributed by atoms with Gasteiger partial charge in [-0.25, -0.2) is 0 Å². The Morgan fingerprint density at radius 3 is 1.25 bits per heavy atom. The SMILES string of the molecule is CCCCCCCC/C=C\CCCCCCCCCC(=O)NC(COC1OC(CO)C(O)C(O)C1O)C(O)/C=C/CCCCCCCCCCCCCCCCCCCCCCCCC. The highest BCUT2D eigenvalue weighted by Crippen LogP contribution is 2.23. The second-order valence-corrected chi connectivity index (χ2v) is 19.7. The molecule has 0 aliphatic carbocycles. The number of nitrogens with one attached hydrogen (secondary N) is 1. The molecule has 0 spiro atoms. The number of hydrogen-bond donors (Lipinski definition) is 6. The summed E-state index contributed by atoms with van der Waals surface area (Å²) >= 11 is 0. The first-order chi connectivity index (χ1) is 31.8. The van der Waals surface area contributed by atoms with E-state index in [-0.39, 0.29) is 12.5 Å².